The highest BCUT2D eigenvalue weighted by molar-refractivity contribution is 14.1. The van der Waals surface area contributed by atoms with Crippen LogP contribution < -0.4 is 9.47 Å². The molecule has 8 rings (SSSR count). The van der Waals surface area contributed by atoms with E-state index in [1.807, 2.05) is 12.1 Å². The normalized spacial score (nSPS) is 13.0. The molecule has 71 heavy (non-hydrogen) atoms. The third-order valence-corrected chi connectivity index (χ3v) is 11.5. The summed E-state index contributed by atoms with van der Waals surface area (Å²) >= 11 is 6.67. The average Bonchev–Trinajstić information content (AvgIpc) is 3.94. The van der Waals surface area contributed by atoms with E-state index in [1.165, 1.54) is 60.7 Å². The number of hydrogen-bond donors (Lipinski definition) is 3. The van der Waals surface area contributed by atoms with Crippen molar-refractivity contribution >= 4 is 58.8 Å². The van der Waals surface area contributed by atoms with E-state index in [0.717, 1.165) is 70.8 Å². The van der Waals surface area contributed by atoms with Crippen molar-refractivity contribution in [3.05, 3.63) is 200 Å². The number of aromatic nitrogens is 8. The van der Waals surface area contributed by atoms with Gasteiger partial charge >= 0.3 is 11.8 Å². The summed E-state index contributed by atoms with van der Waals surface area (Å²) in [5, 5.41) is 46.5. The van der Waals surface area contributed by atoms with Gasteiger partial charge in [-0.3, -0.25) is 19.7 Å². The molecule has 0 spiro atoms. The Kier molecular flexibility index (Phi) is 16.6. The first kappa shape index (κ1) is 53.4. The van der Waals surface area contributed by atoms with E-state index >= 15 is 17.6 Å². The molecule has 0 saturated carbocycles. The van der Waals surface area contributed by atoms with Gasteiger partial charge in [0.2, 0.25) is 4.77 Å². The first-order valence-corrected chi connectivity index (χ1v) is 21.3. The highest BCUT2D eigenvalue weighted by Crippen LogP contribution is 2.48. The number of rotatable bonds is 14. The predicted molar refractivity (Wildman–Crippen MR) is 255 cm³/mol. The van der Waals surface area contributed by atoms with Crippen LogP contribution in [-0.2, 0) is 36.1 Å². The van der Waals surface area contributed by atoms with Gasteiger partial charge in [-0.25, -0.2) is 32.2 Å². The van der Waals surface area contributed by atoms with Crippen LogP contribution >= 0.6 is 58.8 Å². The van der Waals surface area contributed by atoms with Gasteiger partial charge in [0, 0.05) is 45.9 Å². The number of hydrogen-bond acceptors (Lipinski definition) is 12. The van der Waals surface area contributed by atoms with Crippen LogP contribution in [0, 0.1) is 54.5 Å². The van der Waals surface area contributed by atoms with Gasteiger partial charge in [-0.05, 0) is 109 Å². The molecule has 0 amide bonds. The van der Waals surface area contributed by atoms with Gasteiger partial charge in [0.05, 0.1) is 48.7 Å². The zero-order valence-corrected chi connectivity index (χ0v) is 40.9. The van der Waals surface area contributed by atoms with Crippen molar-refractivity contribution in [1.29, 1.82) is 10.5 Å². The second-order valence-electron chi connectivity index (χ2n) is 14.8. The Bertz CT molecular complexity index is 3280. The summed E-state index contributed by atoms with van der Waals surface area (Å²) in [7, 11) is 0. The molecule has 14 nitrogen and oxygen atoms in total. The quantitative estimate of drug-likeness (QED) is 0.0530. The van der Waals surface area contributed by atoms with Crippen LogP contribution in [0.2, 0.25) is 0 Å². The van der Waals surface area contributed by atoms with E-state index in [1.54, 1.807) is 22.6 Å². The number of pyridine rings is 2. The van der Waals surface area contributed by atoms with Crippen LogP contribution in [0.4, 0.5) is 35.1 Å². The first-order chi connectivity index (χ1) is 33.3. The number of aliphatic hydroxyl groups is 2. The number of halogens is 10. The van der Waals surface area contributed by atoms with Gasteiger partial charge in [-0.15, -0.1) is 24.0 Å². The van der Waals surface area contributed by atoms with Crippen molar-refractivity contribution in [3.63, 3.8) is 0 Å². The number of ether oxygens (including phenoxy) is 2. The maximum atomic E-state index is 15.8. The van der Waals surface area contributed by atoms with Crippen molar-refractivity contribution in [2.75, 3.05) is 0 Å². The fourth-order valence-corrected chi connectivity index (χ4v) is 7.28. The van der Waals surface area contributed by atoms with Crippen molar-refractivity contribution in [2.24, 2.45) is 0 Å². The number of nitrogens with one attached hydrogen (secondary N) is 1. The highest BCUT2D eigenvalue weighted by atomic mass is 127. The van der Waals surface area contributed by atoms with Gasteiger partial charge in [0.25, 0.3) is 0 Å². The first-order valence-electron chi connectivity index (χ1n) is 19.8. The highest BCUT2D eigenvalue weighted by Gasteiger charge is 2.59. The monoisotopic (exact) mass is 1220 g/mol. The molecule has 4 aromatic heterocycles. The Labute approximate surface area is 432 Å². The van der Waals surface area contributed by atoms with Crippen molar-refractivity contribution in [3.8, 4) is 35.1 Å². The zero-order valence-electron chi connectivity index (χ0n) is 35.6. The second kappa shape index (κ2) is 22.0. The molecule has 0 fully saturated rings. The Morgan fingerprint density at radius 1 is 0.620 bits per heavy atom. The molecule has 2 atom stereocenters. The molecular formula is C46H30F8I2N10O4S. The maximum Gasteiger partial charge on any atom is 0.323 e. The summed E-state index contributed by atoms with van der Waals surface area (Å²) in [6.45, 7) is -1.83. The lowest BCUT2D eigenvalue weighted by Crippen LogP contribution is -2.48. The SMILES string of the molecule is I.N#Cc1ccc(Oc2ccc(C(F)(F)C(O)(Cn3[nH]cnc3=S)c3ccc(F)cc3F)nc2)cc1.N#Cc1ccc(Oc2ccc(C(F)(F)C(O)(Cn3ncnc3I)c3ccc(F)cc3F)nc2)cc1. The molecular weight excluding hydrogens is 1190 g/mol. The van der Waals surface area contributed by atoms with Gasteiger partial charge in [0.1, 0.15) is 70.3 Å². The smallest absolute Gasteiger partial charge is 0.323 e. The van der Waals surface area contributed by atoms with Crippen molar-refractivity contribution in [2.45, 2.75) is 36.1 Å². The molecule has 3 N–H and O–H groups in total. The third-order valence-electron chi connectivity index (χ3n) is 10.3. The number of alkyl halides is 4. The van der Waals surface area contributed by atoms with Crippen LogP contribution in [-0.4, -0.2) is 49.7 Å². The fourth-order valence-electron chi connectivity index (χ4n) is 6.69. The average molecular weight is 1220 g/mol. The molecule has 0 aliphatic carbocycles. The lowest BCUT2D eigenvalue weighted by Gasteiger charge is -2.36. The molecule has 0 bridgehead atoms. The van der Waals surface area contributed by atoms with E-state index < -0.39 is 81.9 Å². The van der Waals surface area contributed by atoms with E-state index in [2.05, 4.69) is 30.1 Å². The largest absolute Gasteiger partial charge is 0.456 e. The summed E-state index contributed by atoms with van der Waals surface area (Å²) in [6, 6.07) is 24.1. The molecule has 0 saturated heterocycles. The summed E-state index contributed by atoms with van der Waals surface area (Å²) in [5.74, 6) is -12.2. The molecule has 0 aliphatic rings. The third kappa shape index (κ3) is 11.5. The molecule has 4 aromatic carbocycles. The lowest BCUT2D eigenvalue weighted by molar-refractivity contribution is -0.208. The standard InChI is InChI=1S/C23H14F4IN5O2.C23H15F4N5O2S.HI/c24-15-3-7-18(19(25)9-15)22(34,12-33-21(28)31-13-32-33)23(26,27)20-8-6-17(11-30-20)35-16-4-1-14(10-29)2-5-16;24-15-3-7-18(19(25)9-15)22(33,12-32-21(35)30-13-31-32)23(26,27)20-8-6-17(11-29-20)34-16-4-1-14(10-28)2-5-16;/h1-9,11,13,34H,12H2;1-9,11,13,33H,12H2,(H,30,31,35);1H. The van der Waals surface area contributed by atoms with Crippen LogP contribution in [0.1, 0.15) is 33.6 Å². The molecule has 25 heteroatoms. The number of H-pyrrole nitrogens is 1. The molecule has 0 aliphatic heterocycles. The minimum absolute atomic E-state index is 0. The van der Waals surface area contributed by atoms with E-state index in [0.29, 0.717) is 34.8 Å². The summed E-state index contributed by atoms with van der Waals surface area (Å²) < 4.78 is 132. The number of benzene rings is 4. The topological polar surface area (TPSA) is 197 Å². The Morgan fingerprint density at radius 2 is 1.06 bits per heavy atom. The molecule has 0 radical (unpaired) electrons. The second-order valence-corrected chi connectivity index (χ2v) is 16.1. The van der Waals surface area contributed by atoms with Crippen LogP contribution in [0.3, 0.4) is 0 Å². The molecule has 2 unspecified atom stereocenters. The number of aromatic amines is 1. The zero-order chi connectivity index (χ0) is 50.4. The van der Waals surface area contributed by atoms with Gasteiger partial charge < -0.3 is 19.7 Å². The van der Waals surface area contributed by atoms with Crippen LogP contribution in [0.25, 0.3) is 0 Å². The summed E-state index contributed by atoms with van der Waals surface area (Å²) in [6.07, 6.45) is 4.23. The maximum absolute atomic E-state index is 15.8. The van der Waals surface area contributed by atoms with Crippen LogP contribution in [0.5, 0.6) is 23.0 Å². The predicted octanol–water partition coefficient (Wildman–Crippen LogP) is 10.5. The van der Waals surface area contributed by atoms with Gasteiger partial charge in [0.15, 0.2) is 15.0 Å². The minimum atomic E-state index is -4.18. The van der Waals surface area contributed by atoms with Gasteiger partial charge in [-0.2, -0.15) is 33.2 Å². The number of nitrogens with zero attached hydrogens (tertiary/aromatic N) is 9. The van der Waals surface area contributed by atoms with E-state index in [4.69, 9.17) is 32.2 Å². The molecule has 364 valence electrons. The van der Waals surface area contributed by atoms with E-state index in [9.17, 15) is 27.8 Å². The minimum Gasteiger partial charge on any atom is -0.456 e. The number of nitriles is 2. The Hall–Kier alpha value is -6.92. The lowest BCUT2D eigenvalue weighted by atomic mass is 9.84. The van der Waals surface area contributed by atoms with E-state index in [-0.39, 0.29) is 44.1 Å². The summed E-state index contributed by atoms with van der Waals surface area (Å²) in [5.41, 5.74) is -9.10. The molecule has 4 heterocycles. The molecule has 8 aromatic rings. The van der Waals surface area contributed by atoms with Crippen molar-refractivity contribution < 1.29 is 54.8 Å². The Balaban J connectivity index is 0.000000229. The fraction of sp³-hybridized carbons (Fsp3) is 0.130. The summed E-state index contributed by atoms with van der Waals surface area (Å²) in [4.78, 5) is 15.0. The Morgan fingerprint density at radius 3 is 1.41 bits per heavy atom. The van der Waals surface area contributed by atoms with Gasteiger partial charge in [-0.1, -0.05) is 0 Å². The van der Waals surface area contributed by atoms with Crippen molar-refractivity contribution in [1.82, 2.24) is 39.5 Å². The van der Waals surface area contributed by atoms with Crippen LogP contribution in [0.15, 0.2) is 134 Å².